The summed E-state index contributed by atoms with van der Waals surface area (Å²) in [4.78, 5) is 28.6. The number of hydrogen-bond donors (Lipinski definition) is 1. The molecule has 0 aliphatic carbocycles. The fraction of sp³-hybridized carbons (Fsp3) is 0.529. The highest BCUT2D eigenvalue weighted by molar-refractivity contribution is 5.94. The molecule has 4 aliphatic rings. The highest BCUT2D eigenvalue weighted by atomic mass is 19.1. The number of carbonyl (C=O) groups excluding carboxylic acids is 1. The van der Waals surface area contributed by atoms with Crippen molar-refractivity contribution in [3.63, 3.8) is 0 Å². The average Bonchev–Trinajstić information content (AvgIpc) is 3.62. The van der Waals surface area contributed by atoms with E-state index in [0.29, 0.717) is 48.5 Å². The summed E-state index contributed by atoms with van der Waals surface area (Å²) < 4.78 is 43.0. The van der Waals surface area contributed by atoms with Crippen molar-refractivity contribution in [3.05, 3.63) is 41.7 Å². The molecule has 5 heterocycles. The van der Waals surface area contributed by atoms with Crippen molar-refractivity contribution in [2.24, 2.45) is 0 Å². The zero-order valence-electron chi connectivity index (χ0n) is 26.4. The van der Waals surface area contributed by atoms with Gasteiger partial charge >= 0.3 is 12.1 Å². The fourth-order valence-corrected chi connectivity index (χ4v) is 7.86. The van der Waals surface area contributed by atoms with Crippen molar-refractivity contribution in [2.75, 3.05) is 43.4 Å². The van der Waals surface area contributed by atoms with Gasteiger partial charge in [-0.05, 0) is 77.3 Å². The van der Waals surface area contributed by atoms with Gasteiger partial charge in [-0.2, -0.15) is 15.2 Å². The predicted octanol–water partition coefficient (Wildman–Crippen LogP) is 5.43. The second-order valence-electron chi connectivity index (χ2n) is 14.1. The maximum Gasteiger partial charge on any atom is 0.410 e. The minimum Gasteiger partial charge on any atom is -0.461 e. The molecule has 1 amide bonds. The molecule has 0 saturated carbocycles. The van der Waals surface area contributed by atoms with E-state index in [9.17, 15) is 14.4 Å². The maximum atomic E-state index is 16.6. The highest BCUT2D eigenvalue weighted by Crippen LogP contribution is 2.42. The second-order valence-corrected chi connectivity index (χ2v) is 14.1. The van der Waals surface area contributed by atoms with E-state index in [-0.39, 0.29) is 47.4 Å². The number of carbonyl (C=O) groups is 1. The van der Waals surface area contributed by atoms with E-state index >= 15 is 4.39 Å². The number of nitriles is 1. The number of piperazine rings is 1. The van der Waals surface area contributed by atoms with Crippen molar-refractivity contribution in [3.8, 4) is 23.2 Å². The smallest absolute Gasteiger partial charge is 0.410 e. The Morgan fingerprint density at radius 2 is 1.89 bits per heavy atom. The summed E-state index contributed by atoms with van der Waals surface area (Å²) >= 11 is 0. The molecule has 2 N–H and O–H groups in total. The first-order valence-electron chi connectivity index (χ1n) is 16.0. The Balaban J connectivity index is 1.28. The van der Waals surface area contributed by atoms with Crippen LogP contribution in [0.25, 0.3) is 22.0 Å². The van der Waals surface area contributed by atoms with E-state index < -0.39 is 23.1 Å². The largest absolute Gasteiger partial charge is 0.461 e. The van der Waals surface area contributed by atoms with E-state index in [2.05, 4.69) is 20.9 Å². The SMILES string of the molecule is CC(C)(C)OC(=O)N1[C@@H]2CC[C@H]1CN(c1nc(OC[C@@]34CCCN3C[C@H](F)C4)nc3c(F)c(-c4cc(N)ccc4C#N)ccc13)C2. The van der Waals surface area contributed by atoms with Crippen LogP contribution in [0.4, 0.5) is 25.1 Å². The summed E-state index contributed by atoms with van der Waals surface area (Å²) in [5.74, 6) is -0.108. The number of anilines is 2. The van der Waals surface area contributed by atoms with Crippen molar-refractivity contribution in [2.45, 2.75) is 82.3 Å². The third-order valence-electron chi connectivity index (χ3n) is 9.84. The Kier molecular flexibility index (Phi) is 7.42. The number of aromatic nitrogens is 2. The summed E-state index contributed by atoms with van der Waals surface area (Å²) in [6, 6.07) is 10.1. The van der Waals surface area contributed by atoms with Crippen LogP contribution in [0.5, 0.6) is 6.01 Å². The third-order valence-corrected chi connectivity index (χ3v) is 9.84. The van der Waals surface area contributed by atoms with Gasteiger partial charge in [0.1, 0.15) is 29.7 Å². The zero-order chi connectivity index (χ0) is 32.4. The standard InChI is InChI=1S/C34H39F2N7O3/c1-33(2,3)46-32(44)43-23-7-8-24(43)18-41(17-23)30-26-10-9-25(27-13-22(38)6-5-20(27)15-37)28(36)29(26)39-31(40-30)45-19-34-11-4-12-42(34)16-21(35)14-34/h5-6,9-10,13,21,23-24H,4,7-8,11-12,14,16-19,38H2,1-3H3/t21-,23-,24+,34+/m1/s1. The van der Waals surface area contributed by atoms with Gasteiger partial charge in [0, 0.05) is 48.3 Å². The van der Waals surface area contributed by atoms with Gasteiger partial charge in [-0.15, -0.1) is 0 Å². The van der Waals surface area contributed by atoms with E-state index in [1.807, 2.05) is 25.7 Å². The molecule has 242 valence electrons. The van der Waals surface area contributed by atoms with Crippen LogP contribution < -0.4 is 15.4 Å². The molecule has 0 radical (unpaired) electrons. The van der Waals surface area contributed by atoms with Gasteiger partial charge in [-0.25, -0.2) is 13.6 Å². The van der Waals surface area contributed by atoms with Gasteiger partial charge in [0.25, 0.3) is 0 Å². The van der Waals surface area contributed by atoms with Gasteiger partial charge in [0.15, 0.2) is 5.82 Å². The monoisotopic (exact) mass is 631 g/mol. The van der Waals surface area contributed by atoms with Crippen LogP contribution in [0, 0.1) is 17.1 Å². The van der Waals surface area contributed by atoms with E-state index in [1.165, 1.54) is 0 Å². The molecule has 4 fully saturated rings. The van der Waals surface area contributed by atoms with Crippen molar-refractivity contribution < 1.29 is 23.0 Å². The summed E-state index contributed by atoms with van der Waals surface area (Å²) in [5, 5.41) is 10.2. The Morgan fingerprint density at radius 3 is 2.61 bits per heavy atom. The molecule has 4 atom stereocenters. The first-order valence-corrected chi connectivity index (χ1v) is 16.0. The minimum absolute atomic E-state index is 0.0112. The zero-order valence-corrected chi connectivity index (χ0v) is 26.4. The van der Waals surface area contributed by atoms with Crippen LogP contribution in [0.2, 0.25) is 0 Å². The normalized spacial score (nSPS) is 26.0. The van der Waals surface area contributed by atoms with Crippen LogP contribution in [-0.4, -0.2) is 88.0 Å². The lowest BCUT2D eigenvalue weighted by Gasteiger charge is -2.42. The number of alkyl halides is 1. The number of nitrogens with two attached hydrogens (primary N) is 1. The van der Waals surface area contributed by atoms with Crippen LogP contribution >= 0.6 is 0 Å². The summed E-state index contributed by atoms with van der Waals surface area (Å²) in [5.41, 5.74) is 6.30. The molecule has 4 aliphatic heterocycles. The Hall–Kier alpha value is -4.24. The fourth-order valence-electron chi connectivity index (χ4n) is 7.86. The molecule has 46 heavy (non-hydrogen) atoms. The van der Waals surface area contributed by atoms with Crippen molar-refractivity contribution in [1.82, 2.24) is 19.8 Å². The van der Waals surface area contributed by atoms with Crippen LogP contribution in [0.3, 0.4) is 0 Å². The number of rotatable bonds is 5. The van der Waals surface area contributed by atoms with Gasteiger partial charge < -0.3 is 20.1 Å². The lowest BCUT2D eigenvalue weighted by atomic mass is 9.95. The number of nitrogen functional groups attached to an aromatic ring is 1. The Labute approximate surface area is 267 Å². The molecule has 10 nitrogen and oxygen atoms in total. The number of benzene rings is 2. The van der Waals surface area contributed by atoms with Crippen LogP contribution in [0.1, 0.15) is 58.4 Å². The Bertz CT molecular complexity index is 1730. The lowest BCUT2D eigenvalue weighted by Crippen LogP contribution is -2.57. The number of amides is 1. The molecule has 4 saturated heterocycles. The van der Waals surface area contributed by atoms with Gasteiger partial charge in [-0.1, -0.05) is 6.07 Å². The molecule has 0 spiro atoms. The molecular weight excluding hydrogens is 592 g/mol. The van der Waals surface area contributed by atoms with E-state index in [1.54, 1.807) is 30.3 Å². The summed E-state index contributed by atoms with van der Waals surface area (Å²) in [6.45, 7) is 7.94. The maximum absolute atomic E-state index is 16.6. The molecule has 0 unspecified atom stereocenters. The number of nitrogens with zero attached hydrogens (tertiary/aromatic N) is 6. The molecule has 12 heteroatoms. The lowest BCUT2D eigenvalue weighted by molar-refractivity contribution is 0.0122. The first-order chi connectivity index (χ1) is 21.9. The average molecular weight is 632 g/mol. The van der Waals surface area contributed by atoms with Crippen molar-refractivity contribution in [1.29, 1.82) is 5.26 Å². The van der Waals surface area contributed by atoms with Gasteiger partial charge in [0.2, 0.25) is 0 Å². The van der Waals surface area contributed by atoms with Gasteiger partial charge in [-0.3, -0.25) is 9.80 Å². The number of fused-ring (bicyclic) bond motifs is 4. The topological polar surface area (TPSA) is 121 Å². The van der Waals surface area contributed by atoms with Crippen LogP contribution in [-0.2, 0) is 4.74 Å². The molecular formula is C34H39F2N7O3. The van der Waals surface area contributed by atoms with E-state index in [4.69, 9.17) is 20.2 Å². The van der Waals surface area contributed by atoms with E-state index in [0.717, 1.165) is 32.2 Å². The quantitative estimate of drug-likeness (QED) is 0.368. The summed E-state index contributed by atoms with van der Waals surface area (Å²) in [7, 11) is 0. The van der Waals surface area contributed by atoms with Gasteiger partial charge in [0.05, 0.1) is 29.3 Å². The highest BCUT2D eigenvalue weighted by Gasteiger charge is 2.50. The second kappa shape index (κ2) is 11.2. The molecule has 2 bridgehead atoms. The molecule has 1 aromatic heterocycles. The predicted molar refractivity (Wildman–Crippen MR) is 170 cm³/mol. The minimum atomic E-state index is -0.915. The van der Waals surface area contributed by atoms with Crippen molar-refractivity contribution >= 4 is 28.5 Å². The molecule has 3 aromatic rings. The molecule has 7 rings (SSSR count). The number of ether oxygens (including phenoxy) is 2. The number of halogens is 2. The summed E-state index contributed by atoms with van der Waals surface area (Å²) in [6.07, 6.45) is 2.56. The molecule has 2 aromatic carbocycles. The Morgan fingerprint density at radius 1 is 1.13 bits per heavy atom. The number of hydrogen-bond acceptors (Lipinski definition) is 9. The third kappa shape index (κ3) is 5.34. The van der Waals surface area contributed by atoms with Crippen LogP contribution in [0.15, 0.2) is 30.3 Å². The first kappa shape index (κ1) is 30.4.